The van der Waals surface area contributed by atoms with Crippen LogP contribution in [0.4, 0.5) is 29.4 Å². The standard InChI is InChI=1S/C19H30N2O7S.C17H24N2O7S/c1-9-11(22)12-13(14(23)26-10-2)29-15(20-12)21(16(24)27-18(3,4)5)17(25)28-19(6,7)8;1-8-24-12(21)11-10(9-20)18-13(27-11)19(14(22)25-16(2,3)4)15(23)26-17(5,6)7/h11,22H,9-10H2,1-8H3;9H,8H2,1-7H3. The quantitative estimate of drug-likeness (QED) is 0.142. The minimum atomic E-state index is -1.07. The molecule has 0 aliphatic carbocycles. The average Bonchev–Trinajstić information content (AvgIpc) is 3.63. The van der Waals surface area contributed by atoms with Crippen molar-refractivity contribution in [2.75, 3.05) is 23.0 Å². The van der Waals surface area contributed by atoms with Crippen molar-refractivity contribution in [1.82, 2.24) is 9.97 Å². The van der Waals surface area contributed by atoms with Crippen LogP contribution in [-0.4, -0.2) is 93.3 Å². The van der Waals surface area contributed by atoms with Gasteiger partial charge in [0.2, 0.25) is 10.3 Å². The van der Waals surface area contributed by atoms with Gasteiger partial charge in [0.1, 0.15) is 37.9 Å². The number of esters is 2. The summed E-state index contributed by atoms with van der Waals surface area (Å²) in [6.45, 7) is 24.8. The number of anilines is 2. The molecule has 2 aromatic heterocycles. The highest BCUT2D eigenvalue weighted by Crippen LogP contribution is 2.34. The first-order chi connectivity index (χ1) is 25.5. The molecule has 0 radical (unpaired) electrons. The molecule has 2 aromatic rings. The molecule has 0 fully saturated rings. The van der Waals surface area contributed by atoms with E-state index in [2.05, 4.69) is 9.97 Å². The van der Waals surface area contributed by atoms with Crippen LogP contribution in [0.1, 0.15) is 152 Å². The summed E-state index contributed by atoms with van der Waals surface area (Å²) in [6, 6.07) is 0. The molecule has 4 amide bonds. The van der Waals surface area contributed by atoms with Crippen LogP contribution in [-0.2, 0) is 28.4 Å². The fraction of sp³-hybridized carbons (Fsp3) is 0.639. The zero-order valence-electron chi connectivity index (χ0n) is 34.6. The van der Waals surface area contributed by atoms with E-state index in [0.29, 0.717) is 27.4 Å². The molecule has 0 saturated carbocycles. The molecule has 20 heteroatoms. The number of aliphatic hydroxyl groups excluding tert-OH is 1. The second-order valence-electron chi connectivity index (χ2n) is 15.5. The van der Waals surface area contributed by atoms with E-state index in [9.17, 15) is 38.7 Å². The first kappa shape index (κ1) is 49.3. The van der Waals surface area contributed by atoms with Gasteiger partial charge in [-0.15, -0.1) is 0 Å². The number of ether oxygens (including phenoxy) is 6. The van der Waals surface area contributed by atoms with Gasteiger partial charge >= 0.3 is 36.3 Å². The highest BCUT2D eigenvalue weighted by molar-refractivity contribution is 7.18. The van der Waals surface area contributed by atoms with Crippen molar-refractivity contribution in [3.63, 3.8) is 0 Å². The first-order valence-corrected chi connectivity index (χ1v) is 19.1. The van der Waals surface area contributed by atoms with Gasteiger partial charge in [0.15, 0.2) is 6.29 Å². The van der Waals surface area contributed by atoms with Gasteiger partial charge < -0.3 is 33.5 Å². The molecule has 18 nitrogen and oxygen atoms in total. The molecule has 314 valence electrons. The maximum Gasteiger partial charge on any atom is 0.426 e. The number of carbonyl (C=O) groups excluding carboxylic acids is 7. The number of carbonyl (C=O) groups is 7. The van der Waals surface area contributed by atoms with Gasteiger partial charge in [0.25, 0.3) is 0 Å². The molecule has 1 atom stereocenters. The lowest BCUT2D eigenvalue weighted by Gasteiger charge is -2.27. The first-order valence-electron chi connectivity index (χ1n) is 17.5. The van der Waals surface area contributed by atoms with E-state index in [4.69, 9.17) is 28.4 Å². The van der Waals surface area contributed by atoms with Crippen molar-refractivity contribution in [3.05, 3.63) is 21.1 Å². The van der Waals surface area contributed by atoms with Gasteiger partial charge in [-0.25, -0.2) is 38.7 Å². The van der Waals surface area contributed by atoms with E-state index in [-0.39, 0.29) is 51.0 Å². The predicted molar refractivity (Wildman–Crippen MR) is 207 cm³/mol. The highest BCUT2D eigenvalue weighted by Gasteiger charge is 2.38. The van der Waals surface area contributed by atoms with Crippen LogP contribution in [0.3, 0.4) is 0 Å². The van der Waals surface area contributed by atoms with Crippen LogP contribution in [0.2, 0.25) is 0 Å². The van der Waals surface area contributed by atoms with Gasteiger partial charge in [-0.2, -0.15) is 9.80 Å². The molecule has 0 bridgehead atoms. The monoisotopic (exact) mass is 830 g/mol. The largest absolute Gasteiger partial charge is 0.462 e. The van der Waals surface area contributed by atoms with E-state index >= 15 is 0 Å². The Balaban J connectivity index is 0.000000561. The van der Waals surface area contributed by atoms with Crippen molar-refractivity contribution in [2.45, 2.75) is 139 Å². The molecule has 56 heavy (non-hydrogen) atoms. The Morgan fingerprint density at radius 2 is 0.929 bits per heavy atom. The molecule has 0 spiro atoms. The Bertz CT molecular complexity index is 1670. The highest BCUT2D eigenvalue weighted by atomic mass is 32.1. The Labute approximate surface area is 334 Å². The lowest BCUT2D eigenvalue weighted by atomic mass is 10.2. The number of amides is 4. The molecule has 0 aliphatic heterocycles. The minimum absolute atomic E-state index is 0.00770. The third kappa shape index (κ3) is 15.8. The van der Waals surface area contributed by atoms with Gasteiger partial charge in [-0.1, -0.05) is 29.6 Å². The van der Waals surface area contributed by atoms with Crippen LogP contribution in [0.15, 0.2) is 0 Å². The topological polar surface area (TPSA) is 227 Å². The molecule has 2 rings (SSSR count). The lowest BCUT2D eigenvalue weighted by Crippen LogP contribution is -2.43. The number of rotatable bonds is 9. The summed E-state index contributed by atoms with van der Waals surface area (Å²) in [5, 5.41) is 9.87. The average molecular weight is 831 g/mol. The van der Waals surface area contributed by atoms with E-state index < -0.39 is 64.8 Å². The van der Waals surface area contributed by atoms with Crippen molar-refractivity contribution in [2.24, 2.45) is 0 Å². The van der Waals surface area contributed by atoms with Crippen LogP contribution in [0.25, 0.3) is 0 Å². The third-order valence-corrected chi connectivity index (χ3v) is 7.78. The summed E-state index contributed by atoms with van der Waals surface area (Å²) in [5.74, 6) is -1.48. The summed E-state index contributed by atoms with van der Waals surface area (Å²) >= 11 is 1.40. The maximum absolute atomic E-state index is 12.7. The van der Waals surface area contributed by atoms with Gasteiger partial charge in [0, 0.05) is 0 Å². The summed E-state index contributed by atoms with van der Waals surface area (Å²) in [4.78, 5) is 95.3. The number of aliphatic hydroxyl groups is 1. The SMILES string of the molecule is CCOC(=O)c1sc(N(C(=O)OC(C)(C)C)C(=O)OC(C)(C)C)nc1C(O)CC.CCOC(=O)c1sc(N(C(=O)OC(C)(C)C)C(=O)OC(C)(C)C)nc1C=O. The Hall–Kier alpha value is -4.69. The number of imide groups is 2. The van der Waals surface area contributed by atoms with Crippen molar-refractivity contribution in [1.29, 1.82) is 0 Å². The smallest absolute Gasteiger partial charge is 0.426 e. The molecule has 1 N–H and O–H groups in total. The van der Waals surface area contributed by atoms with Gasteiger partial charge in [-0.3, -0.25) is 4.79 Å². The lowest BCUT2D eigenvalue weighted by molar-refractivity contribution is 0.0408. The molecule has 0 aromatic carbocycles. The van der Waals surface area contributed by atoms with Crippen LogP contribution in [0, 0.1) is 0 Å². The van der Waals surface area contributed by atoms with Gasteiger partial charge in [0.05, 0.1) is 25.0 Å². The number of thiazole rings is 2. The van der Waals surface area contributed by atoms with E-state index in [1.54, 1.807) is 104 Å². The maximum atomic E-state index is 12.7. The zero-order chi connectivity index (χ0) is 43.6. The molecular formula is C36H54N4O14S2. The molecule has 1 unspecified atom stereocenters. The number of hydrogen-bond acceptors (Lipinski definition) is 18. The fourth-order valence-corrected chi connectivity index (χ4v) is 5.61. The predicted octanol–water partition coefficient (Wildman–Crippen LogP) is 8.25. The number of hydrogen-bond donors (Lipinski definition) is 1. The van der Waals surface area contributed by atoms with E-state index in [1.807, 2.05) is 0 Å². The third-order valence-electron chi connectivity index (χ3n) is 5.71. The number of aromatic nitrogens is 2. The Kier molecular flexibility index (Phi) is 17.6. The van der Waals surface area contributed by atoms with E-state index in [1.165, 1.54) is 0 Å². The fourth-order valence-electron chi connectivity index (χ4n) is 3.71. The van der Waals surface area contributed by atoms with Crippen molar-refractivity contribution < 1.29 is 67.1 Å². The van der Waals surface area contributed by atoms with Crippen LogP contribution >= 0.6 is 22.7 Å². The second-order valence-corrected chi connectivity index (χ2v) is 17.5. The Morgan fingerprint density at radius 3 is 1.23 bits per heavy atom. The second kappa shape index (κ2) is 19.9. The molecule has 0 aliphatic rings. The number of nitrogens with zero attached hydrogens (tertiary/aromatic N) is 4. The zero-order valence-corrected chi connectivity index (χ0v) is 36.3. The summed E-state index contributed by atoms with van der Waals surface area (Å²) in [5.41, 5.74) is -3.78. The summed E-state index contributed by atoms with van der Waals surface area (Å²) in [7, 11) is 0. The molecular weight excluding hydrogens is 777 g/mol. The number of aldehydes is 1. The van der Waals surface area contributed by atoms with Crippen molar-refractivity contribution >= 4 is 75.5 Å². The normalized spacial score (nSPS) is 12.2. The van der Waals surface area contributed by atoms with E-state index in [0.717, 1.165) is 11.3 Å². The molecule has 2 heterocycles. The van der Waals surface area contributed by atoms with Crippen LogP contribution < -0.4 is 9.80 Å². The van der Waals surface area contributed by atoms with Crippen molar-refractivity contribution in [3.8, 4) is 0 Å². The van der Waals surface area contributed by atoms with Crippen LogP contribution in [0.5, 0.6) is 0 Å². The Morgan fingerprint density at radius 1 is 0.607 bits per heavy atom. The minimum Gasteiger partial charge on any atom is -0.462 e. The molecule has 0 saturated heterocycles. The van der Waals surface area contributed by atoms with Gasteiger partial charge in [-0.05, 0) is 103 Å². The summed E-state index contributed by atoms with van der Waals surface area (Å²) < 4.78 is 30.9. The summed E-state index contributed by atoms with van der Waals surface area (Å²) in [6.07, 6.45) is -4.56.